The van der Waals surface area contributed by atoms with Crippen molar-refractivity contribution >= 4 is 26.1 Å². The monoisotopic (exact) mass is 545 g/mol. The van der Waals surface area contributed by atoms with Crippen molar-refractivity contribution in [3.63, 3.8) is 0 Å². The molecule has 4 rings (SSSR count). The summed E-state index contributed by atoms with van der Waals surface area (Å²) in [4.78, 5) is 14.7. The number of halogens is 1. The minimum atomic E-state index is -1.76. The maximum atomic E-state index is 14.0. The molecular weight excluding hydrogens is 509 g/mol. The van der Waals surface area contributed by atoms with Gasteiger partial charge >= 0.3 is 0 Å². The molecule has 1 amide bonds. The number of nitrogens with one attached hydrogen (secondary N) is 1. The summed E-state index contributed by atoms with van der Waals surface area (Å²) in [5, 5.41) is 4.11. The maximum absolute atomic E-state index is 14.0. The van der Waals surface area contributed by atoms with Gasteiger partial charge in [-0.05, 0) is 99.6 Å². The van der Waals surface area contributed by atoms with Gasteiger partial charge in [-0.2, -0.15) is 5.10 Å². The summed E-state index contributed by atoms with van der Waals surface area (Å²) in [6, 6.07) is 20.3. The minimum Gasteiger partial charge on any atom is -0.544 e. The number of carbonyl (C=O) groups is 1. The van der Waals surface area contributed by atoms with Crippen molar-refractivity contribution in [1.82, 2.24) is 5.43 Å². The van der Waals surface area contributed by atoms with E-state index >= 15 is 0 Å². The second kappa shape index (κ2) is 11.5. The van der Waals surface area contributed by atoms with Crippen LogP contribution in [0.25, 0.3) is 0 Å². The summed E-state index contributed by atoms with van der Waals surface area (Å²) in [5.74, 6) is 0.485. The van der Waals surface area contributed by atoms with E-state index in [1.165, 1.54) is 12.1 Å². The van der Waals surface area contributed by atoms with Gasteiger partial charge in [0.2, 0.25) is 8.32 Å². The normalized spacial score (nSPS) is 17.9. The molecule has 0 bridgehead atoms. The number of hydrazone groups is 1. The lowest BCUT2D eigenvalue weighted by Crippen LogP contribution is -2.31. The number of hydrogen-bond acceptors (Lipinski definition) is 5. The molecule has 3 aromatic rings. The quantitative estimate of drug-likeness (QED) is 0.185. The smallest absolute Gasteiger partial charge is 0.274 e. The van der Waals surface area contributed by atoms with Crippen LogP contribution in [-0.2, 0) is 11.8 Å². The van der Waals surface area contributed by atoms with Crippen LogP contribution in [0.2, 0.25) is 19.6 Å². The van der Waals surface area contributed by atoms with Crippen LogP contribution >= 0.6 is 0 Å². The van der Waals surface area contributed by atoms with Crippen LogP contribution in [0.4, 0.5) is 10.1 Å². The Morgan fingerprint density at radius 2 is 1.85 bits per heavy atom. The molecule has 0 saturated heterocycles. The molecule has 0 aliphatic carbocycles. The highest BCUT2D eigenvalue weighted by Gasteiger charge is 2.43. The Labute approximate surface area is 231 Å². The fourth-order valence-electron chi connectivity index (χ4n) is 5.08. The van der Waals surface area contributed by atoms with E-state index in [-0.39, 0.29) is 5.56 Å². The van der Waals surface area contributed by atoms with Gasteiger partial charge in [0.1, 0.15) is 17.3 Å². The number of rotatable bonds is 9. The average molecular weight is 546 g/mol. The first kappa shape index (κ1) is 28.1. The number of nitrogens with zero attached hydrogens (tertiary/aromatic N) is 2. The first-order valence-corrected chi connectivity index (χ1v) is 16.5. The number of ether oxygens (including phenoxy) is 1. The molecule has 0 fully saturated rings. The molecule has 0 radical (unpaired) electrons. The zero-order chi connectivity index (χ0) is 28.2. The summed E-state index contributed by atoms with van der Waals surface area (Å²) in [5.41, 5.74) is 6.40. The lowest BCUT2D eigenvalue weighted by atomic mass is 9.76. The van der Waals surface area contributed by atoms with E-state index < -0.39 is 25.5 Å². The summed E-state index contributed by atoms with van der Waals surface area (Å²) in [6.07, 6.45) is 4.19. The van der Waals surface area contributed by atoms with Crippen LogP contribution in [0.15, 0.2) is 83.6 Å². The number of fused-ring (bicyclic) bond motifs is 1. The number of methoxy groups -OCH3 is 1. The number of hydrogen-bond donors (Lipinski definition) is 1. The molecule has 0 spiro atoms. The zero-order valence-electron chi connectivity index (χ0n) is 23.4. The molecule has 1 N–H and O–H groups in total. The highest BCUT2D eigenvalue weighted by atomic mass is 28.4. The number of carbonyl (C=O) groups excluding carboxylic acids is 1. The largest absolute Gasteiger partial charge is 0.544 e. The first-order chi connectivity index (χ1) is 18.6. The lowest BCUT2D eigenvalue weighted by molar-refractivity contribution is 0.0951. The van der Waals surface area contributed by atoms with Gasteiger partial charge in [-0.15, -0.1) is 0 Å². The van der Waals surface area contributed by atoms with Crippen molar-refractivity contribution in [2.24, 2.45) is 5.10 Å². The van der Waals surface area contributed by atoms with Gasteiger partial charge in [0, 0.05) is 29.6 Å². The van der Waals surface area contributed by atoms with Crippen LogP contribution in [0, 0.1) is 5.82 Å². The van der Waals surface area contributed by atoms with E-state index in [0.717, 1.165) is 40.6 Å². The Morgan fingerprint density at radius 3 is 2.54 bits per heavy atom. The molecule has 0 aromatic heterocycles. The van der Waals surface area contributed by atoms with Gasteiger partial charge in [0.15, 0.2) is 0 Å². The molecule has 204 valence electrons. The number of likely N-dealkylation sites (N-methyl/N-ethyl adjacent to an activating group) is 1. The van der Waals surface area contributed by atoms with Gasteiger partial charge < -0.3 is 14.1 Å². The molecule has 6 nitrogen and oxygen atoms in total. The predicted molar refractivity (Wildman–Crippen MR) is 158 cm³/mol. The van der Waals surface area contributed by atoms with Gasteiger partial charge in [-0.25, -0.2) is 9.82 Å². The Bertz CT molecular complexity index is 1420. The Morgan fingerprint density at radius 1 is 1.08 bits per heavy atom. The van der Waals surface area contributed by atoms with Crippen LogP contribution in [0.1, 0.15) is 35.3 Å². The molecule has 8 heteroatoms. The van der Waals surface area contributed by atoms with Crippen molar-refractivity contribution in [1.29, 1.82) is 0 Å². The minimum absolute atomic E-state index is 0.0527. The second-order valence-electron chi connectivity index (χ2n) is 10.7. The van der Waals surface area contributed by atoms with E-state index in [9.17, 15) is 9.18 Å². The van der Waals surface area contributed by atoms with Gasteiger partial charge in [0.25, 0.3) is 5.91 Å². The summed E-state index contributed by atoms with van der Waals surface area (Å²) >= 11 is 0. The van der Waals surface area contributed by atoms with Crippen LogP contribution in [0.5, 0.6) is 11.5 Å². The second-order valence-corrected chi connectivity index (χ2v) is 15.2. The summed E-state index contributed by atoms with van der Waals surface area (Å²) in [7, 11) is -0.0840. The molecular formula is C31H36FN3O3Si. The van der Waals surface area contributed by atoms with Crippen molar-refractivity contribution in [2.45, 2.75) is 45.3 Å². The molecule has 1 atom stereocenters. The Balaban J connectivity index is 1.69. The van der Waals surface area contributed by atoms with E-state index in [4.69, 9.17) is 9.16 Å². The topological polar surface area (TPSA) is 63.2 Å². The SMILES string of the molecule is CCN1/C(=C\C=N\NC(=O)c2ccccc2F)C(C)(Cc2cccc(O[Si](C)(C)C)c2)c2cc(OC)ccc21. The third-order valence-electron chi connectivity index (χ3n) is 6.73. The van der Waals surface area contributed by atoms with E-state index in [0.29, 0.717) is 6.42 Å². The van der Waals surface area contributed by atoms with E-state index in [1.807, 2.05) is 24.3 Å². The number of amides is 1. The molecule has 1 aliphatic heterocycles. The molecule has 1 unspecified atom stereocenters. The van der Waals surface area contributed by atoms with Gasteiger partial charge in [0.05, 0.1) is 12.7 Å². The molecule has 3 aromatic carbocycles. The van der Waals surface area contributed by atoms with Crippen LogP contribution < -0.4 is 19.5 Å². The highest BCUT2D eigenvalue weighted by Crippen LogP contribution is 2.50. The number of allylic oxidation sites excluding steroid dienone is 2. The maximum Gasteiger partial charge on any atom is 0.274 e. The zero-order valence-corrected chi connectivity index (χ0v) is 24.4. The third kappa shape index (κ3) is 6.22. The standard InChI is InChI=1S/C31H36FN3O3Si/c1-7-35-28-16-15-23(37-3)20-26(28)31(2,21-22-11-10-12-24(19-22)38-39(4,5)6)29(35)17-18-33-34-30(36)25-13-8-9-14-27(25)32/h8-20H,7,21H2,1-6H3,(H,34,36)/b29-17-,33-18+. The number of benzene rings is 3. The molecule has 1 aliphatic rings. The third-order valence-corrected chi connectivity index (χ3v) is 7.58. The summed E-state index contributed by atoms with van der Waals surface area (Å²) < 4.78 is 25.8. The van der Waals surface area contributed by atoms with Crippen molar-refractivity contribution in [2.75, 3.05) is 18.6 Å². The van der Waals surface area contributed by atoms with E-state index in [2.05, 4.69) is 73.2 Å². The van der Waals surface area contributed by atoms with Gasteiger partial charge in [-0.1, -0.05) is 24.3 Å². The molecule has 0 saturated carbocycles. The summed E-state index contributed by atoms with van der Waals surface area (Å²) in [6.45, 7) is 11.6. The van der Waals surface area contributed by atoms with Crippen LogP contribution in [0.3, 0.4) is 0 Å². The molecule has 39 heavy (non-hydrogen) atoms. The molecule has 1 heterocycles. The predicted octanol–water partition coefficient (Wildman–Crippen LogP) is 6.69. The van der Waals surface area contributed by atoms with Crippen molar-refractivity contribution in [3.8, 4) is 11.5 Å². The highest BCUT2D eigenvalue weighted by molar-refractivity contribution is 6.70. The fourth-order valence-corrected chi connectivity index (χ4v) is 5.91. The Kier molecular flexibility index (Phi) is 8.25. The lowest BCUT2D eigenvalue weighted by Gasteiger charge is -2.30. The van der Waals surface area contributed by atoms with Crippen molar-refractivity contribution < 1.29 is 18.3 Å². The van der Waals surface area contributed by atoms with E-state index in [1.54, 1.807) is 25.5 Å². The van der Waals surface area contributed by atoms with Crippen molar-refractivity contribution in [3.05, 3.63) is 101 Å². The van der Waals surface area contributed by atoms with Crippen LogP contribution in [-0.4, -0.2) is 34.1 Å². The fraction of sp³-hybridized carbons (Fsp3) is 0.290. The number of anilines is 1. The van der Waals surface area contributed by atoms with Gasteiger partial charge in [-0.3, -0.25) is 4.79 Å². The first-order valence-electron chi connectivity index (χ1n) is 13.1. The Hall–Kier alpha value is -3.91. The average Bonchev–Trinajstić information content (AvgIpc) is 3.12.